The number of anilines is 2. The van der Waals surface area contributed by atoms with Gasteiger partial charge in [-0.1, -0.05) is 9.63 Å². The normalized spacial score (nSPS) is 12.6. The highest BCUT2D eigenvalue weighted by atomic mass is 32.2. The molecule has 2 rings (SSSR count). The van der Waals surface area contributed by atoms with Crippen LogP contribution in [-0.2, 0) is 24.4 Å². The summed E-state index contributed by atoms with van der Waals surface area (Å²) in [5.41, 5.74) is 0.435. The number of hydrogen-bond donors (Lipinski definition) is 2. The summed E-state index contributed by atoms with van der Waals surface area (Å²) in [6, 6.07) is 7.27. The van der Waals surface area contributed by atoms with Crippen LogP contribution in [0, 0.1) is 6.92 Å². The monoisotopic (exact) mass is 442 g/mol. The van der Waals surface area contributed by atoms with Crippen molar-refractivity contribution < 1.29 is 27.4 Å². The molecule has 0 aliphatic heterocycles. The van der Waals surface area contributed by atoms with E-state index < -0.39 is 15.3 Å². The average molecular weight is 443 g/mol. The molecule has 0 saturated heterocycles. The summed E-state index contributed by atoms with van der Waals surface area (Å²) in [7, 11) is -1.22. The minimum Gasteiger partial charge on any atom is -0.360 e. The topological polar surface area (TPSA) is 131 Å². The molecule has 158 valence electrons. The smallest absolute Gasteiger partial charge is 0.264 e. The Morgan fingerprint density at radius 2 is 1.93 bits per heavy atom. The van der Waals surface area contributed by atoms with Crippen LogP contribution in [0.1, 0.15) is 12.7 Å². The van der Waals surface area contributed by atoms with Crippen molar-refractivity contribution in [3.63, 3.8) is 0 Å². The predicted molar refractivity (Wildman–Crippen MR) is 109 cm³/mol. The van der Waals surface area contributed by atoms with Crippen molar-refractivity contribution in [2.24, 2.45) is 0 Å². The van der Waals surface area contributed by atoms with Crippen LogP contribution in [-0.4, -0.2) is 55.0 Å². The van der Waals surface area contributed by atoms with Crippen molar-refractivity contribution in [2.45, 2.75) is 24.0 Å². The van der Waals surface area contributed by atoms with Gasteiger partial charge in [0.2, 0.25) is 11.8 Å². The fourth-order valence-electron chi connectivity index (χ4n) is 2.08. The number of hydroxylamine groups is 1. The van der Waals surface area contributed by atoms with E-state index >= 15 is 0 Å². The number of benzene rings is 1. The zero-order valence-corrected chi connectivity index (χ0v) is 18.0. The van der Waals surface area contributed by atoms with E-state index in [-0.39, 0.29) is 22.5 Å². The maximum Gasteiger partial charge on any atom is 0.264 e. The minimum absolute atomic E-state index is 0.0302. The van der Waals surface area contributed by atoms with Crippen molar-refractivity contribution >= 4 is 45.1 Å². The Balaban J connectivity index is 1.85. The number of amides is 2. The fraction of sp³-hybridized carbons (Fsp3) is 0.353. The molecule has 0 radical (unpaired) electrons. The molecule has 0 spiro atoms. The van der Waals surface area contributed by atoms with Gasteiger partial charge in [-0.05, 0) is 38.1 Å². The lowest BCUT2D eigenvalue weighted by molar-refractivity contribution is -0.115. The molecule has 2 N–H and O–H groups in total. The number of aryl methyl sites for hydroxylation is 1. The van der Waals surface area contributed by atoms with Crippen LogP contribution >= 0.6 is 11.8 Å². The molecule has 12 heteroatoms. The van der Waals surface area contributed by atoms with Crippen molar-refractivity contribution in [3.8, 4) is 0 Å². The number of rotatable bonds is 9. The number of sulfonamides is 1. The van der Waals surface area contributed by atoms with Crippen LogP contribution in [0.3, 0.4) is 0 Å². The molecular formula is C17H22N4O6S2. The second kappa shape index (κ2) is 9.87. The number of aromatic nitrogens is 1. The molecule has 0 fully saturated rings. The first-order chi connectivity index (χ1) is 13.6. The average Bonchev–Trinajstić information content (AvgIpc) is 3.10. The van der Waals surface area contributed by atoms with E-state index in [1.807, 2.05) is 0 Å². The second-order valence-electron chi connectivity index (χ2n) is 5.94. The Kier molecular flexibility index (Phi) is 7.79. The van der Waals surface area contributed by atoms with Gasteiger partial charge in [0.05, 0.1) is 23.0 Å². The molecule has 29 heavy (non-hydrogen) atoms. The van der Waals surface area contributed by atoms with Crippen LogP contribution in [0.15, 0.2) is 39.8 Å². The van der Waals surface area contributed by atoms with Crippen molar-refractivity contribution in [1.29, 1.82) is 0 Å². The lowest BCUT2D eigenvalue weighted by Crippen LogP contribution is -2.26. The largest absolute Gasteiger partial charge is 0.360 e. The van der Waals surface area contributed by atoms with Crippen LogP contribution in [0.4, 0.5) is 11.5 Å². The first kappa shape index (κ1) is 22.9. The molecule has 1 aromatic carbocycles. The summed E-state index contributed by atoms with van der Waals surface area (Å²) < 4.78 is 29.9. The molecule has 0 aliphatic carbocycles. The van der Waals surface area contributed by atoms with Gasteiger partial charge >= 0.3 is 0 Å². The maximum atomic E-state index is 12.1. The fourth-order valence-corrected chi connectivity index (χ4v) is 3.74. The predicted octanol–water partition coefficient (Wildman–Crippen LogP) is 1.86. The first-order valence-corrected chi connectivity index (χ1v) is 10.9. The Morgan fingerprint density at radius 3 is 2.48 bits per heavy atom. The van der Waals surface area contributed by atoms with Crippen LogP contribution < -0.4 is 10.6 Å². The second-order valence-corrected chi connectivity index (χ2v) is 9.20. The third kappa shape index (κ3) is 6.29. The molecule has 0 saturated carbocycles. The van der Waals surface area contributed by atoms with Gasteiger partial charge < -0.3 is 15.2 Å². The van der Waals surface area contributed by atoms with Gasteiger partial charge in [0.15, 0.2) is 5.82 Å². The van der Waals surface area contributed by atoms with E-state index in [4.69, 9.17) is 9.36 Å². The standard InChI is InChI=1S/C17H22N4O6S2/c1-11-9-15(20-27-11)19-17(23)12(2)28-10-16(22)18-13-5-7-14(8-6-13)29(24,25)21(3)26-4/h5-9,12H,10H2,1-4H3,(H,18,22)(H,19,20,23). The van der Waals surface area contributed by atoms with Crippen LogP contribution in [0.25, 0.3) is 0 Å². The highest BCUT2D eigenvalue weighted by Gasteiger charge is 2.21. The number of carbonyl (C=O) groups is 2. The van der Waals surface area contributed by atoms with E-state index in [1.165, 1.54) is 38.4 Å². The highest BCUT2D eigenvalue weighted by Crippen LogP contribution is 2.19. The van der Waals surface area contributed by atoms with E-state index in [2.05, 4.69) is 15.8 Å². The van der Waals surface area contributed by atoms with E-state index in [1.54, 1.807) is 19.9 Å². The number of carbonyl (C=O) groups excluding carboxylic acids is 2. The van der Waals surface area contributed by atoms with Crippen molar-refractivity contribution in [3.05, 3.63) is 36.1 Å². The lowest BCUT2D eigenvalue weighted by atomic mass is 10.3. The van der Waals surface area contributed by atoms with Crippen LogP contribution in [0.5, 0.6) is 0 Å². The molecular weight excluding hydrogens is 420 g/mol. The quantitative estimate of drug-likeness (QED) is 0.563. The van der Waals surface area contributed by atoms with E-state index in [9.17, 15) is 18.0 Å². The number of hydrogen-bond acceptors (Lipinski definition) is 8. The van der Waals surface area contributed by atoms with E-state index in [0.717, 1.165) is 16.2 Å². The van der Waals surface area contributed by atoms with Crippen molar-refractivity contribution in [2.75, 3.05) is 30.5 Å². The third-order valence-electron chi connectivity index (χ3n) is 3.74. The van der Waals surface area contributed by atoms with Gasteiger partial charge in [0.25, 0.3) is 10.0 Å². The summed E-state index contributed by atoms with van der Waals surface area (Å²) in [6.07, 6.45) is 0. The number of thioether (sulfide) groups is 1. The molecule has 1 heterocycles. The summed E-state index contributed by atoms with van der Waals surface area (Å²) in [4.78, 5) is 28.9. The molecule has 1 atom stereocenters. The molecule has 2 aromatic rings. The summed E-state index contributed by atoms with van der Waals surface area (Å²) in [5.74, 6) is 0.314. The molecule has 10 nitrogen and oxygen atoms in total. The SMILES string of the molecule is CON(C)S(=O)(=O)c1ccc(NC(=O)CSC(C)C(=O)Nc2cc(C)on2)cc1. The highest BCUT2D eigenvalue weighted by molar-refractivity contribution is 8.01. The summed E-state index contributed by atoms with van der Waals surface area (Å²) in [6.45, 7) is 3.38. The summed E-state index contributed by atoms with van der Waals surface area (Å²) >= 11 is 1.15. The Hall–Kier alpha value is -2.41. The molecule has 1 aromatic heterocycles. The minimum atomic E-state index is -3.75. The van der Waals surface area contributed by atoms with Gasteiger partial charge in [-0.2, -0.15) is 0 Å². The van der Waals surface area contributed by atoms with Gasteiger partial charge in [-0.25, -0.2) is 8.42 Å². The molecule has 0 aliphatic rings. The van der Waals surface area contributed by atoms with Crippen molar-refractivity contribution in [1.82, 2.24) is 9.63 Å². The number of nitrogens with zero attached hydrogens (tertiary/aromatic N) is 2. The Labute approximate surface area is 173 Å². The van der Waals surface area contributed by atoms with Gasteiger partial charge in [0.1, 0.15) is 5.76 Å². The maximum absolute atomic E-state index is 12.1. The van der Waals surface area contributed by atoms with Gasteiger partial charge in [0, 0.05) is 18.8 Å². The molecule has 0 bridgehead atoms. The Morgan fingerprint density at radius 1 is 1.28 bits per heavy atom. The van der Waals surface area contributed by atoms with Gasteiger partial charge in [-0.15, -0.1) is 11.8 Å². The lowest BCUT2D eigenvalue weighted by Gasteiger charge is -2.14. The van der Waals surface area contributed by atoms with Crippen LogP contribution in [0.2, 0.25) is 0 Å². The van der Waals surface area contributed by atoms with E-state index in [0.29, 0.717) is 17.3 Å². The Bertz CT molecular complexity index is 959. The zero-order valence-electron chi connectivity index (χ0n) is 16.3. The number of nitrogens with one attached hydrogen (secondary N) is 2. The molecule has 2 amide bonds. The summed E-state index contributed by atoms with van der Waals surface area (Å²) in [5, 5.41) is 8.45. The third-order valence-corrected chi connectivity index (χ3v) is 6.58. The van der Waals surface area contributed by atoms with Gasteiger partial charge in [-0.3, -0.25) is 14.4 Å². The zero-order chi connectivity index (χ0) is 21.6. The molecule has 1 unspecified atom stereocenters. The first-order valence-electron chi connectivity index (χ1n) is 8.42.